The van der Waals surface area contributed by atoms with Crippen molar-refractivity contribution in [3.8, 4) is 29.6 Å². The summed E-state index contributed by atoms with van der Waals surface area (Å²) >= 11 is 0. The minimum absolute atomic E-state index is 0.0990. The maximum Gasteiger partial charge on any atom is 0.319 e. The van der Waals surface area contributed by atoms with E-state index in [4.69, 9.17) is 26.1 Å². The quantitative estimate of drug-likeness (QED) is 0.162. The molecule has 5 aliphatic heterocycles. The van der Waals surface area contributed by atoms with Gasteiger partial charge in [0.2, 0.25) is 11.8 Å². The second-order valence-corrected chi connectivity index (χ2v) is 18.0. The van der Waals surface area contributed by atoms with Crippen molar-refractivity contribution in [3.05, 3.63) is 88.9 Å². The van der Waals surface area contributed by atoms with Gasteiger partial charge >= 0.3 is 6.01 Å². The summed E-state index contributed by atoms with van der Waals surface area (Å²) in [4.78, 5) is 73.4. The van der Waals surface area contributed by atoms with E-state index >= 15 is 4.39 Å². The second kappa shape index (κ2) is 15.4. The molecule has 5 fully saturated rings. The highest BCUT2D eigenvalue weighted by atomic mass is 19.1. The number of benzene rings is 3. The zero-order chi connectivity index (χ0) is 43.0. The standard InChI is InChI=1S/C48H46FN9O5/c1-2-28-5-3-6-29-7-4-8-35(39(28)29)41-40(49)42-36(22-50-41)43(57-24-32-10-11-33(25-57)51-32)54-47(53-42)63-27-48(15-16-48)26-55-17-19-56(20-18-55)45(61)30-9-12-34-31(21-30)23-58(46(34)62)37-13-14-38(59)52-44(37)60/h1,3-9,12,21-22,32-33,37,51H,10-11,13-20,23-27H2,(H,52,59,60). The number of ether oxygens (including phenoxy) is 1. The zero-order valence-corrected chi connectivity index (χ0v) is 34.7. The molecule has 63 heavy (non-hydrogen) atoms. The number of carbonyl (C=O) groups excluding carboxylic acids is 4. The van der Waals surface area contributed by atoms with E-state index in [1.807, 2.05) is 41.3 Å². The fourth-order valence-corrected chi connectivity index (χ4v) is 10.4. The molecule has 320 valence electrons. The first-order valence-electron chi connectivity index (χ1n) is 21.9. The molecule has 6 aliphatic rings. The number of fused-ring (bicyclic) bond motifs is 5. The van der Waals surface area contributed by atoms with Crippen LogP contribution in [0.25, 0.3) is 32.9 Å². The summed E-state index contributed by atoms with van der Waals surface area (Å²) < 4.78 is 23.5. The van der Waals surface area contributed by atoms with Crippen LogP contribution >= 0.6 is 0 Å². The van der Waals surface area contributed by atoms with Crippen molar-refractivity contribution >= 4 is 51.1 Å². The van der Waals surface area contributed by atoms with Crippen molar-refractivity contribution in [2.75, 3.05) is 57.3 Å². The summed E-state index contributed by atoms with van der Waals surface area (Å²) in [5, 5.41) is 8.21. The summed E-state index contributed by atoms with van der Waals surface area (Å²) in [7, 11) is 0. The van der Waals surface area contributed by atoms with Crippen molar-refractivity contribution in [1.82, 2.24) is 40.3 Å². The number of aromatic nitrogens is 3. The van der Waals surface area contributed by atoms with Gasteiger partial charge in [-0.2, -0.15) is 9.97 Å². The Balaban J connectivity index is 0.784. The van der Waals surface area contributed by atoms with Crippen LogP contribution in [0, 0.1) is 23.6 Å². The van der Waals surface area contributed by atoms with E-state index in [0.717, 1.165) is 56.1 Å². The minimum Gasteiger partial charge on any atom is -0.463 e. The molecular weight excluding hydrogens is 802 g/mol. The molecule has 4 saturated heterocycles. The van der Waals surface area contributed by atoms with Crippen LogP contribution in [0.15, 0.2) is 60.8 Å². The molecule has 4 amide bonds. The van der Waals surface area contributed by atoms with Crippen molar-refractivity contribution in [2.24, 2.45) is 5.41 Å². The highest BCUT2D eigenvalue weighted by Crippen LogP contribution is 2.47. The Morgan fingerprint density at radius 3 is 2.48 bits per heavy atom. The zero-order valence-electron chi connectivity index (χ0n) is 34.7. The van der Waals surface area contributed by atoms with Gasteiger partial charge in [0.05, 0.1) is 12.0 Å². The van der Waals surface area contributed by atoms with Crippen LogP contribution in [0.5, 0.6) is 6.01 Å². The van der Waals surface area contributed by atoms with E-state index in [2.05, 4.69) is 26.4 Å². The largest absolute Gasteiger partial charge is 0.463 e. The summed E-state index contributed by atoms with van der Waals surface area (Å²) in [5.74, 6) is 1.67. The topological polar surface area (TPSA) is 153 Å². The smallest absolute Gasteiger partial charge is 0.319 e. The summed E-state index contributed by atoms with van der Waals surface area (Å²) in [6, 6.07) is 16.6. The predicted molar refractivity (Wildman–Crippen MR) is 232 cm³/mol. The SMILES string of the molecule is C#Cc1cccc2cccc(-c3ncc4c(N5CC6CCC(C5)N6)nc(OCC5(CN6CCN(C(=O)c7ccc8c(c7)CN(C7CCC(=O)NC7=O)C8=O)CC6)CC5)nc4c3F)c12. The van der Waals surface area contributed by atoms with Crippen LogP contribution in [0.3, 0.4) is 0 Å². The normalized spacial score (nSPS) is 23.0. The number of piperidine rings is 1. The molecule has 1 aliphatic carbocycles. The molecule has 5 aromatic rings. The highest BCUT2D eigenvalue weighted by molar-refractivity contribution is 6.06. The van der Waals surface area contributed by atoms with E-state index in [9.17, 15) is 19.2 Å². The number of carbonyl (C=O) groups is 4. The molecule has 2 bridgehead atoms. The number of hydrogen-bond donors (Lipinski definition) is 2. The van der Waals surface area contributed by atoms with E-state index in [-0.39, 0.29) is 59.7 Å². The molecule has 2 N–H and O–H groups in total. The number of rotatable bonds is 9. The third-order valence-electron chi connectivity index (χ3n) is 13.9. The fourth-order valence-electron chi connectivity index (χ4n) is 10.4. The Kier molecular flexibility index (Phi) is 9.61. The molecule has 1 saturated carbocycles. The van der Waals surface area contributed by atoms with Crippen LogP contribution in [0.4, 0.5) is 10.2 Å². The third kappa shape index (κ3) is 7.11. The number of amides is 4. The number of terminal acetylenes is 1. The number of imide groups is 1. The second-order valence-electron chi connectivity index (χ2n) is 18.0. The average molecular weight is 848 g/mol. The summed E-state index contributed by atoms with van der Waals surface area (Å²) in [6.07, 6.45) is 12.2. The Bertz CT molecular complexity index is 2780. The van der Waals surface area contributed by atoms with Gasteiger partial charge in [-0.15, -0.1) is 6.42 Å². The first kappa shape index (κ1) is 39.4. The van der Waals surface area contributed by atoms with Gasteiger partial charge < -0.3 is 24.8 Å². The van der Waals surface area contributed by atoms with E-state index in [1.165, 1.54) is 4.90 Å². The highest BCUT2D eigenvalue weighted by Gasteiger charge is 2.46. The van der Waals surface area contributed by atoms with Crippen LogP contribution in [-0.4, -0.2) is 124 Å². The molecule has 0 spiro atoms. The molecule has 2 aromatic heterocycles. The predicted octanol–water partition coefficient (Wildman–Crippen LogP) is 4.28. The minimum atomic E-state index is -0.709. The Hall–Kier alpha value is -6.50. The number of anilines is 1. The maximum atomic E-state index is 17.0. The number of nitrogens with zero attached hydrogens (tertiary/aromatic N) is 7. The fraction of sp³-hybridized carbons (Fsp3) is 0.396. The maximum absolute atomic E-state index is 17.0. The molecule has 7 heterocycles. The molecule has 11 rings (SSSR count). The lowest BCUT2D eigenvalue weighted by Gasteiger charge is -2.36. The van der Waals surface area contributed by atoms with Gasteiger partial charge in [0.25, 0.3) is 11.8 Å². The van der Waals surface area contributed by atoms with Crippen LogP contribution < -0.4 is 20.3 Å². The lowest BCUT2D eigenvalue weighted by Crippen LogP contribution is -2.52. The first-order valence-corrected chi connectivity index (χ1v) is 21.9. The van der Waals surface area contributed by atoms with Crippen LogP contribution in [-0.2, 0) is 16.1 Å². The molecule has 3 atom stereocenters. The van der Waals surface area contributed by atoms with Crippen molar-refractivity contribution in [3.63, 3.8) is 0 Å². The Labute approximate surface area is 363 Å². The summed E-state index contributed by atoms with van der Waals surface area (Å²) in [5.41, 5.74) is 3.17. The van der Waals surface area contributed by atoms with Gasteiger partial charge in [0.15, 0.2) is 5.82 Å². The van der Waals surface area contributed by atoms with Gasteiger partial charge in [-0.1, -0.05) is 36.3 Å². The van der Waals surface area contributed by atoms with Crippen molar-refractivity contribution in [1.29, 1.82) is 0 Å². The molecule has 3 unspecified atom stereocenters. The number of hydrogen-bond acceptors (Lipinski definition) is 11. The first-order chi connectivity index (χ1) is 30.6. The van der Waals surface area contributed by atoms with Crippen molar-refractivity contribution in [2.45, 2.75) is 63.2 Å². The van der Waals surface area contributed by atoms with Crippen LogP contribution in [0.2, 0.25) is 0 Å². The number of pyridine rings is 1. The molecule has 15 heteroatoms. The van der Waals surface area contributed by atoms with Gasteiger partial charge in [-0.3, -0.25) is 34.4 Å². The van der Waals surface area contributed by atoms with Gasteiger partial charge in [-0.25, -0.2) is 4.39 Å². The average Bonchev–Trinajstić information content (AvgIpc) is 3.88. The van der Waals surface area contributed by atoms with Crippen molar-refractivity contribution < 1.29 is 28.3 Å². The third-order valence-corrected chi connectivity index (χ3v) is 13.9. The molecule has 0 radical (unpaired) electrons. The number of nitrogens with one attached hydrogen (secondary N) is 2. The Morgan fingerprint density at radius 1 is 0.952 bits per heavy atom. The Morgan fingerprint density at radius 2 is 1.73 bits per heavy atom. The molecule has 3 aromatic carbocycles. The lowest BCUT2D eigenvalue weighted by molar-refractivity contribution is -0.136. The lowest BCUT2D eigenvalue weighted by atomic mass is 9.97. The number of piperazine rings is 2. The summed E-state index contributed by atoms with van der Waals surface area (Å²) in [6.45, 7) is 5.35. The van der Waals surface area contributed by atoms with Crippen LogP contribution in [0.1, 0.15) is 70.4 Å². The molecule has 14 nitrogen and oxygen atoms in total. The number of halogens is 1. The van der Waals surface area contributed by atoms with E-state index in [0.29, 0.717) is 83.9 Å². The van der Waals surface area contributed by atoms with Gasteiger partial charge in [0.1, 0.15) is 23.1 Å². The van der Waals surface area contributed by atoms with E-state index < -0.39 is 17.8 Å². The monoisotopic (exact) mass is 847 g/mol. The molecular formula is C48H46FN9O5. The van der Waals surface area contributed by atoms with Gasteiger partial charge in [-0.05, 0) is 67.3 Å². The van der Waals surface area contributed by atoms with E-state index in [1.54, 1.807) is 24.4 Å². The van der Waals surface area contributed by atoms with Gasteiger partial charge in [0, 0.05) is 110 Å².